The van der Waals surface area contributed by atoms with Gasteiger partial charge in [0.05, 0.1) is 34.8 Å². The number of rotatable bonds is 1. The summed E-state index contributed by atoms with van der Waals surface area (Å²) in [6.45, 7) is 3.51. The van der Waals surface area contributed by atoms with Crippen LogP contribution in [0.1, 0.15) is 25.8 Å². The molecule has 0 radical (unpaired) electrons. The van der Waals surface area contributed by atoms with Crippen molar-refractivity contribution >= 4 is 40.1 Å². The standard InChI is InChI=1S/C17H15IN2O4/c1-16-6-11(21)17(2,24-16)13-12(16)14(22)20(15(13)23)9-4-3-8(7-19)10(18)5-9/h3-5,11-13,21H,6H2,1-2H3/t11-,12+,13-,16?,17?/m0/s1. The Kier molecular flexibility index (Phi) is 3.18. The lowest BCUT2D eigenvalue weighted by Gasteiger charge is -2.31. The van der Waals surface area contributed by atoms with Crippen LogP contribution < -0.4 is 4.90 Å². The van der Waals surface area contributed by atoms with E-state index in [1.165, 1.54) is 4.90 Å². The maximum atomic E-state index is 13.0. The number of halogens is 1. The molecule has 24 heavy (non-hydrogen) atoms. The molecule has 7 heteroatoms. The minimum absolute atomic E-state index is 0.288. The van der Waals surface area contributed by atoms with Crippen molar-refractivity contribution in [2.24, 2.45) is 11.8 Å². The van der Waals surface area contributed by atoms with Crippen LogP contribution in [0.2, 0.25) is 0 Å². The summed E-state index contributed by atoms with van der Waals surface area (Å²) in [5.41, 5.74) is -0.888. The average Bonchev–Trinajstić information content (AvgIpc) is 3.01. The summed E-state index contributed by atoms with van der Waals surface area (Å²) >= 11 is 2.01. The zero-order valence-corrected chi connectivity index (χ0v) is 15.3. The molecule has 3 heterocycles. The first kappa shape index (κ1) is 16.0. The lowest BCUT2D eigenvalue weighted by atomic mass is 9.67. The van der Waals surface area contributed by atoms with Crippen LogP contribution >= 0.6 is 22.6 Å². The Morgan fingerprint density at radius 1 is 1.33 bits per heavy atom. The van der Waals surface area contributed by atoms with Crippen molar-refractivity contribution in [1.29, 1.82) is 5.26 Å². The van der Waals surface area contributed by atoms with Gasteiger partial charge in [0.1, 0.15) is 11.7 Å². The van der Waals surface area contributed by atoms with Crippen molar-refractivity contribution < 1.29 is 19.4 Å². The zero-order chi connectivity index (χ0) is 17.4. The van der Waals surface area contributed by atoms with Gasteiger partial charge >= 0.3 is 0 Å². The third kappa shape index (κ3) is 1.76. The molecule has 2 amide bonds. The molecular formula is C17H15IN2O4. The van der Waals surface area contributed by atoms with Crippen LogP contribution in [0.5, 0.6) is 0 Å². The van der Waals surface area contributed by atoms with Gasteiger partial charge < -0.3 is 9.84 Å². The Labute approximate surface area is 152 Å². The highest BCUT2D eigenvalue weighted by molar-refractivity contribution is 14.1. The number of carbonyl (C=O) groups excluding carboxylic acids is 2. The van der Waals surface area contributed by atoms with E-state index in [2.05, 4.69) is 6.07 Å². The summed E-state index contributed by atoms with van der Waals surface area (Å²) in [4.78, 5) is 27.2. The fraction of sp³-hybridized carbons (Fsp3) is 0.471. The number of amides is 2. The monoisotopic (exact) mass is 438 g/mol. The topological polar surface area (TPSA) is 90.6 Å². The number of nitrogens with zero attached hydrogens (tertiary/aromatic N) is 2. The number of aliphatic hydroxyl groups is 1. The maximum Gasteiger partial charge on any atom is 0.240 e. The number of imide groups is 1. The number of benzene rings is 1. The predicted octanol–water partition coefficient (Wildman–Crippen LogP) is 1.58. The summed E-state index contributed by atoms with van der Waals surface area (Å²) in [5.74, 6) is -1.88. The van der Waals surface area contributed by atoms with E-state index in [4.69, 9.17) is 10.00 Å². The molecule has 2 unspecified atom stereocenters. The molecule has 0 saturated carbocycles. The number of ether oxygens (including phenoxy) is 1. The first-order chi connectivity index (χ1) is 11.2. The second-order valence-corrected chi connectivity index (χ2v) is 8.22. The molecule has 1 aromatic rings. The molecule has 3 aliphatic heterocycles. The van der Waals surface area contributed by atoms with Gasteiger partial charge in [-0.1, -0.05) is 0 Å². The van der Waals surface area contributed by atoms with Gasteiger partial charge in [0.15, 0.2) is 0 Å². The minimum atomic E-state index is -1.03. The predicted molar refractivity (Wildman–Crippen MR) is 91.9 cm³/mol. The van der Waals surface area contributed by atoms with Gasteiger partial charge in [-0.2, -0.15) is 5.26 Å². The van der Waals surface area contributed by atoms with Crippen LogP contribution in [-0.2, 0) is 14.3 Å². The molecule has 6 nitrogen and oxygen atoms in total. The van der Waals surface area contributed by atoms with Crippen molar-refractivity contribution in [2.45, 2.75) is 37.6 Å². The summed E-state index contributed by atoms with van der Waals surface area (Å²) in [5, 5.41) is 19.4. The van der Waals surface area contributed by atoms with Crippen LogP contribution in [0, 0.1) is 26.7 Å². The highest BCUT2D eigenvalue weighted by Gasteiger charge is 2.75. The van der Waals surface area contributed by atoms with E-state index >= 15 is 0 Å². The molecule has 0 aromatic heterocycles. The lowest BCUT2D eigenvalue weighted by molar-refractivity contribution is -0.132. The van der Waals surface area contributed by atoms with Gasteiger partial charge in [-0.05, 0) is 54.6 Å². The van der Waals surface area contributed by atoms with Crippen LogP contribution in [-0.4, -0.2) is 34.2 Å². The second-order valence-electron chi connectivity index (χ2n) is 7.06. The molecule has 4 rings (SSSR count). The normalized spacial score (nSPS) is 40.1. The van der Waals surface area contributed by atoms with Gasteiger partial charge in [0.25, 0.3) is 0 Å². The third-order valence-electron chi connectivity index (χ3n) is 5.63. The highest BCUT2D eigenvalue weighted by atomic mass is 127. The number of aliphatic hydroxyl groups excluding tert-OH is 1. The van der Waals surface area contributed by atoms with Gasteiger partial charge in [-0.3, -0.25) is 9.59 Å². The minimum Gasteiger partial charge on any atom is -0.390 e. The molecule has 0 spiro atoms. The number of nitriles is 1. The van der Waals surface area contributed by atoms with Gasteiger partial charge in [0, 0.05) is 9.99 Å². The summed E-state index contributed by atoms with van der Waals surface area (Å²) in [7, 11) is 0. The molecule has 1 N–H and O–H groups in total. The largest absolute Gasteiger partial charge is 0.390 e. The SMILES string of the molecule is CC12C[C@H](O)C(C)(O1)[C@@H]1C(=O)N(c3ccc(C#N)c(I)c3)C(=O)[C@@H]12. The number of carbonyl (C=O) groups is 2. The fourth-order valence-corrected chi connectivity index (χ4v) is 5.13. The van der Waals surface area contributed by atoms with Crippen molar-refractivity contribution in [3.05, 3.63) is 27.3 Å². The molecule has 124 valence electrons. The first-order valence-corrected chi connectivity index (χ1v) is 8.76. The van der Waals surface area contributed by atoms with Crippen LogP contribution in [0.25, 0.3) is 0 Å². The highest BCUT2D eigenvalue weighted by Crippen LogP contribution is 2.60. The average molecular weight is 438 g/mol. The Balaban J connectivity index is 1.79. The van der Waals surface area contributed by atoms with Crippen LogP contribution in [0.4, 0.5) is 5.69 Å². The Morgan fingerprint density at radius 2 is 2.00 bits per heavy atom. The molecule has 3 fully saturated rings. The summed E-state index contributed by atoms with van der Waals surface area (Å²) in [6, 6.07) is 6.95. The van der Waals surface area contributed by atoms with Gasteiger partial charge in [-0.15, -0.1) is 0 Å². The van der Waals surface area contributed by atoms with E-state index in [9.17, 15) is 14.7 Å². The number of hydrogen-bond acceptors (Lipinski definition) is 5. The Bertz CT molecular complexity index is 834. The molecule has 3 aliphatic rings. The molecule has 1 aromatic carbocycles. The van der Waals surface area contributed by atoms with Crippen LogP contribution in [0.3, 0.4) is 0 Å². The fourth-order valence-electron chi connectivity index (χ4n) is 4.51. The van der Waals surface area contributed by atoms with E-state index < -0.39 is 29.1 Å². The van der Waals surface area contributed by atoms with E-state index in [-0.39, 0.29) is 11.8 Å². The quantitative estimate of drug-likeness (QED) is 0.531. The Hall–Kier alpha value is -1.50. The first-order valence-electron chi connectivity index (χ1n) is 7.68. The third-order valence-corrected chi connectivity index (χ3v) is 6.52. The summed E-state index contributed by atoms with van der Waals surface area (Å²) < 4.78 is 6.63. The van der Waals surface area contributed by atoms with Crippen molar-refractivity contribution in [3.8, 4) is 6.07 Å². The number of anilines is 1. The molecule has 0 aliphatic carbocycles. The zero-order valence-electron chi connectivity index (χ0n) is 13.1. The van der Waals surface area contributed by atoms with E-state index in [1.807, 2.05) is 22.6 Å². The molecule has 2 bridgehead atoms. The van der Waals surface area contributed by atoms with Crippen molar-refractivity contribution in [2.75, 3.05) is 4.90 Å². The smallest absolute Gasteiger partial charge is 0.240 e. The van der Waals surface area contributed by atoms with E-state index in [0.717, 1.165) is 0 Å². The number of fused-ring (bicyclic) bond motifs is 5. The molecule has 5 atom stereocenters. The van der Waals surface area contributed by atoms with Gasteiger partial charge in [-0.25, -0.2) is 4.90 Å². The van der Waals surface area contributed by atoms with E-state index in [1.54, 1.807) is 32.0 Å². The van der Waals surface area contributed by atoms with Crippen molar-refractivity contribution in [3.63, 3.8) is 0 Å². The Morgan fingerprint density at radius 3 is 2.62 bits per heavy atom. The van der Waals surface area contributed by atoms with E-state index in [0.29, 0.717) is 21.2 Å². The lowest BCUT2D eigenvalue weighted by Crippen LogP contribution is -2.49. The maximum absolute atomic E-state index is 13.0. The van der Waals surface area contributed by atoms with Crippen LogP contribution in [0.15, 0.2) is 18.2 Å². The summed E-state index contributed by atoms with van der Waals surface area (Å²) in [6.07, 6.45) is -0.413. The van der Waals surface area contributed by atoms with Crippen molar-refractivity contribution in [1.82, 2.24) is 0 Å². The van der Waals surface area contributed by atoms with Gasteiger partial charge in [0.2, 0.25) is 11.8 Å². The molecule has 3 saturated heterocycles. The second kappa shape index (κ2) is 4.77. The molecular weight excluding hydrogens is 423 g/mol. The number of hydrogen-bond donors (Lipinski definition) is 1.